The van der Waals surface area contributed by atoms with Crippen molar-refractivity contribution >= 4 is 33.9 Å². The second-order valence-electron chi connectivity index (χ2n) is 5.84. The lowest BCUT2D eigenvalue weighted by atomic mass is 10.2. The Morgan fingerprint density at radius 3 is 2.45 bits per heavy atom. The van der Waals surface area contributed by atoms with E-state index in [-0.39, 0.29) is 10.6 Å². The normalized spacial score (nSPS) is 11.6. The molecule has 0 aliphatic heterocycles. The van der Waals surface area contributed by atoms with Crippen molar-refractivity contribution in [3.8, 4) is 11.5 Å². The minimum absolute atomic E-state index is 0.0907. The Morgan fingerprint density at radius 2 is 1.86 bits per heavy atom. The third-order valence-corrected chi connectivity index (χ3v) is 6.51. The minimum atomic E-state index is -3.98. The fourth-order valence-corrected chi connectivity index (χ4v) is 4.05. The number of ether oxygens (including phenoxy) is 2. The first-order chi connectivity index (χ1) is 13.8. The van der Waals surface area contributed by atoms with Gasteiger partial charge in [-0.1, -0.05) is 12.1 Å². The quantitative estimate of drug-likeness (QED) is 0.367. The van der Waals surface area contributed by atoms with Gasteiger partial charge >= 0.3 is 0 Å². The van der Waals surface area contributed by atoms with E-state index in [0.717, 1.165) is 14.8 Å². The van der Waals surface area contributed by atoms with Gasteiger partial charge < -0.3 is 9.47 Å². The van der Waals surface area contributed by atoms with E-state index < -0.39 is 22.5 Å². The van der Waals surface area contributed by atoms with E-state index in [1.807, 2.05) is 30.5 Å². The number of methoxy groups -OCH3 is 2. The van der Waals surface area contributed by atoms with E-state index >= 15 is 0 Å². The first-order valence-corrected chi connectivity index (χ1v) is 11.1. The van der Waals surface area contributed by atoms with Crippen LogP contribution in [0.1, 0.15) is 5.56 Å². The highest BCUT2D eigenvalue weighted by molar-refractivity contribution is 7.98. The van der Waals surface area contributed by atoms with Crippen LogP contribution in [0.2, 0.25) is 0 Å². The van der Waals surface area contributed by atoms with Crippen molar-refractivity contribution in [1.82, 2.24) is 9.73 Å². The van der Waals surface area contributed by atoms with Gasteiger partial charge in [-0.25, -0.2) is 13.8 Å². The van der Waals surface area contributed by atoms with Crippen LogP contribution in [0, 0.1) is 0 Å². The molecule has 0 saturated heterocycles. The molecule has 1 amide bonds. The van der Waals surface area contributed by atoms with E-state index in [1.165, 1.54) is 39.6 Å². The largest absolute Gasteiger partial charge is 0.497 e. The number of hydrogen-bond acceptors (Lipinski definition) is 7. The van der Waals surface area contributed by atoms with Crippen molar-refractivity contribution in [2.24, 2.45) is 5.10 Å². The summed E-state index contributed by atoms with van der Waals surface area (Å²) in [6, 6.07) is 12.0. The van der Waals surface area contributed by atoms with Crippen molar-refractivity contribution in [3.05, 3.63) is 48.0 Å². The highest BCUT2D eigenvalue weighted by Gasteiger charge is 2.27. The molecule has 0 saturated carbocycles. The lowest BCUT2D eigenvalue weighted by Gasteiger charge is -2.18. The molecular weight excluding hydrogens is 414 g/mol. The molecule has 0 aromatic heterocycles. The molecule has 0 unspecified atom stereocenters. The van der Waals surface area contributed by atoms with Crippen molar-refractivity contribution in [2.45, 2.75) is 9.79 Å². The average Bonchev–Trinajstić information content (AvgIpc) is 2.73. The molecule has 1 N–H and O–H groups in total. The minimum Gasteiger partial charge on any atom is -0.497 e. The number of nitrogens with one attached hydrogen (secondary N) is 1. The van der Waals surface area contributed by atoms with E-state index in [1.54, 1.807) is 17.8 Å². The number of likely N-dealkylation sites (N-methyl/N-ethyl adjacent to an activating group) is 1. The highest BCUT2D eigenvalue weighted by Crippen LogP contribution is 2.30. The van der Waals surface area contributed by atoms with Gasteiger partial charge in [0, 0.05) is 18.0 Å². The number of benzene rings is 2. The zero-order valence-corrected chi connectivity index (χ0v) is 18.2. The van der Waals surface area contributed by atoms with Gasteiger partial charge in [0.05, 0.1) is 27.0 Å². The predicted molar refractivity (Wildman–Crippen MR) is 113 cm³/mol. The molecule has 10 heteroatoms. The third kappa shape index (κ3) is 5.96. The molecular formula is C19H23N3O5S2. The lowest BCUT2D eigenvalue weighted by molar-refractivity contribution is -0.121. The van der Waals surface area contributed by atoms with Crippen LogP contribution in [0.25, 0.3) is 0 Å². The summed E-state index contributed by atoms with van der Waals surface area (Å²) in [7, 11) is 0.125. The topological polar surface area (TPSA) is 97.3 Å². The summed E-state index contributed by atoms with van der Waals surface area (Å²) in [6.07, 6.45) is 3.47. The average molecular weight is 438 g/mol. The van der Waals surface area contributed by atoms with Crippen LogP contribution >= 0.6 is 11.8 Å². The van der Waals surface area contributed by atoms with Crippen LogP contribution in [0.5, 0.6) is 11.5 Å². The van der Waals surface area contributed by atoms with Crippen LogP contribution in [0.3, 0.4) is 0 Å². The van der Waals surface area contributed by atoms with Crippen LogP contribution in [0.15, 0.2) is 57.4 Å². The van der Waals surface area contributed by atoms with Crippen LogP contribution in [0.4, 0.5) is 0 Å². The van der Waals surface area contributed by atoms with Gasteiger partial charge in [-0.15, -0.1) is 11.8 Å². The maximum atomic E-state index is 12.8. The molecule has 0 heterocycles. The van der Waals surface area contributed by atoms with Gasteiger partial charge in [-0.2, -0.15) is 9.41 Å². The second-order valence-corrected chi connectivity index (χ2v) is 8.74. The van der Waals surface area contributed by atoms with E-state index in [2.05, 4.69) is 10.5 Å². The predicted octanol–water partition coefficient (Wildman–Crippen LogP) is 2.20. The number of sulfonamides is 1. The number of carbonyl (C=O) groups excluding carboxylic acids is 1. The van der Waals surface area contributed by atoms with Gasteiger partial charge in [0.2, 0.25) is 10.0 Å². The molecule has 2 aromatic carbocycles. The smallest absolute Gasteiger partial charge is 0.255 e. The summed E-state index contributed by atoms with van der Waals surface area (Å²) in [4.78, 5) is 13.1. The number of thioether (sulfide) groups is 1. The Labute approximate surface area is 174 Å². The molecule has 0 fully saturated rings. The highest BCUT2D eigenvalue weighted by atomic mass is 32.2. The molecule has 0 aliphatic rings. The summed E-state index contributed by atoms with van der Waals surface area (Å²) in [5.41, 5.74) is 3.14. The molecule has 0 bridgehead atoms. The monoisotopic (exact) mass is 437 g/mol. The number of rotatable bonds is 9. The van der Waals surface area contributed by atoms with Gasteiger partial charge in [-0.3, -0.25) is 4.79 Å². The first kappa shape index (κ1) is 22.7. The molecule has 8 nitrogen and oxygen atoms in total. The SMILES string of the molecule is COc1ccc(OC)c(S(=O)(=O)N(C)CC(=O)N/N=C\c2ccc(SC)cc2)c1. The standard InChI is InChI=1S/C19H23N3O5S2/c1-22(29(24,25)18-11-15(26-2)7-10-17(18)27-3)13-19(23)21-20-12-14-5-8-16(28-4)9-6-14/h5-12H,13H2,1-4H3,(H,21,23)/b20-12-. The number of hydrazone groups is 1. The maximum absolute atomic E-state index is 12.8. The molecule has 156 valence electrons. The van der Waals surface area contributed by atoms with Gasteiger partial charge in [0.15, 0.2) is 0 Å². The molecule has 2 aromatic rings. The number of nitrogens with zero attached hydrogens (tertiary/aromatic N) is 2. The van der Waals surface area contributed by atoms with E-state index in [9.17, 15) is 13.2 Å². The second kappa shape index (κ2) is 10.3. The molecule has 0 aliphatic carbocycles. The Balaban J connectivity index is 2.05. The molecule has 0 atom stereocenters. The lowest BCUT2D eigenvalue weighted by Crippen LogP contribution is -2.36. The first-order valence-electron chi connectivity index (χ1n) is 8.46. The van der Waals surface area contributed by atoms with Crippen molar-refractivity contribution < 1.29 is 22.7 Å². The number of amides is 1. The van der Waals surface area contributed by atoms with Gasteiger partial charge in [0.1, 0.15) is 16.4 Å². The fraction of sp³-hybridized carbons (Fsp3) is 0.263. The van der Waals surface area contributed by atoms with Crippen LogP contribution in [-0.2, 0) is 14.8 Å². The Hall–Kier alpha value is -2.56. The van der Waals surface area contributed by atoms with Crippen LogP contribution in [-0.4, -0.2) is 58.9 Å². The summed E-state index contributed by atoms with van der Waals surface area (Å²) in [5.74, 6) is -0.0565. The van der Waals surface area contributed by atoms with Crippen molar-refractivity contribution in [1.29, 1.82) is 0 Å². The number of hydrogen-bond donors (Lipinski definition) is 1. The Morgan fingerprint density at radius 1 is 1.17 bits per heavy atom. The summed E-state index contributed by atoms with van der Waals surface area (Å²) in [6.45, 7) is -0.411. The zero-order valence-electron chi connectivity index (χ0n) is 16.6. The van der Waals surface area contributed by atoms with Crippen molar-refractivity contribution in [2.75, 3.05) is 34.1 Å². The Kier molecular flexibility index (Phi) is 8.06. The molecule has 2 rings (SSSR count). The summed E-state index contributed by atoms with van der Waals surface area (Å²) >= 11 is 1.62. The van der Waals surface area contributed by atoms with Crippen molar-refractivity contribution in [3.63, 3.8) is 0 Å². The zero-order chi connectivity index (χ0) is 21.4. The van der Waals surface area contributed by atoms with E-state index in [0.29, 0.717) is 5.75 Å². The van der Waals surface area contributed by atoms with Gasteiger partial charge in [0.25, 0.3) is 5.91 Å². The molecule has 0 spiro atoms. The third-order valence-electron chi connectivity index (χ3n) is 3.94. The van der Waals surface area contributed by atoms with Gasteiger partial charge in [-0.05, 0) is 36.1 Å². The summed E-state index contributed by atoms with van der Waals surface area (Å²) in [5, 5.41) is 3.87. The molecule has 29 heavy (non-hydrogen) atoms. The number of carbonyl (C=O) groups is 1. The molecule has 0 radical (unpaired) electrons. The maximum Gasteiger partial charge on any atom is 0.255 e. The van der Waals surface area contributed by atoms with E-state index in [4.69, 9.17) is 9.47 Å². The Bertz CT molecular complexity index is 976. The van der Waals surface area contributed by atoms with Crippen LogP contribution < -0.4 is 14.9 Å². The fourth-order valence-electron chi connectivity index (χ4n) is 2.34. The summed E-state index contributed by atoms with van der Waals surface area (Å²) < 4.78 is 36.8.